The minimum Gasteiger partial charge on any atom is -0.348 e. The van der Waals surface area contributed by atoms with Crippen molar-refractivity contribution in [3.05, 3.63) is 23.0 Å². The second-order valence-electron chi connectivity index (χ2n) is 7.60. The van der Waals surface area contributed by atoms with Gasteiger partial charge in [0.2, 0.25) is 0 Å². The summed E-state index contributed by atoms with van der Waals surface area (Å²) >= 11 is 0. The van der Waals surface area contributed by atoms with Crippen LogP contribution in [0.2, 0.25) is 0 Å². The monoisotopic (exact) mass is 260 g/mol. The van der Waals surface area contributed by atoms with Crippen LogP contribution in [0.25, 0.3) is 0 Å². The maximum absolute atomic E-state index is 6.40. The van der Waals surface area contributed by atoms with Crippen LogP contribution in [-0.2, 0) is 13.0 Å². The quantitative estimate of drug-likeness (QED) is 0.857. The molecule has 1 heterocycles. The van der Waals surface area contributed by atoms with Gasteiger partial charge in [0.15, 0.2) is 0 Å². The summed E-state index contributed by atoms with van der Waals surface area (Å²) in [6.45, 7) is 8.20. The molecule has 1 atom stereocenters. The second-order valence-corrected chi connectivity index (χ2v) is 7.60. The van der Waals surface area contributed by atoms with Crippen molar-refractivity contribution in [3.63, 3.8) is 0 Å². The first-order valence-electron chi connectivity index (χ1n) is 7.91. The van der Waals surface area contributed by atoms with E-state index >= 15 is 0 Å². The van der Waals surface area contributed by atoms with E-state index in [2.05, 4.69) is 31.4 Å². The van der Waals surface area contributed by atoms with Gasteiger partial charge >= 0.3 is 0 Å². The molecule has 19 heavy (non-hydrogen) atoms. The molecule has 2 nitrogen and oxygen atoms in total. The van der Waals surface area contributed by atoms with Crippen LogP contribution < -0.4 is 5.73 Å². The number of aromatic nitrogens is 1. The van der Waals surface area contributed by atoms with E-state index in [4.69, 9.17) is 5.73 Å². The van der Waals surface area contributed by atoms with E-state index in [0.717, 1.165) is 12.3 Å². The Labute approximate surface area is 117 Å². The highest BCUT2D eigenvalue weighted by atomic mass is 15.0. The van der Waals surface area contributed by atoms with Gasteiger partial charge in [0.05, 0.1) is 0 Å². The summed E-state index contributed by atoms with van der Waals surface area (Å²) in [6, 6.07) is 2.59. The highest BCUT2D eigenvalue weighted by Crippen LogP contribution is 2.41. The molecule has 2 N–H and O–H groups in total. The van der Waals surface area contributed by atoms with E-state index in [9.17, 15) is 0 Å². The molecule has 2 aliphatic rings. The standard InChI is InChI=1S/C17H28N2/c1-12-8-14-15(18)9-17(2,3)10-16(14)19(12)11-13-6-4-5-7-13/h8,13,15H,4-7,9-11,18H2,1-3H3. The van der Waals surface area contributed by atoms with Crippen molar-refractivity contribution in [2.75, 3.05) is 0 Å². The van der Waals surface area contributed by atoms with Crippen LogP contribution in [0.1, 0.15) is 68.9 Å². The SMILES string of the molecule is Cc1cc2c(n1CC1CCCC1)CC(C)(C)CC2N. The van der Waals surface area contributed by atoms with Gasteiger partial charge in [0, 0.05) is 24.0 Å². The first-order chi connectivity index (χ1) is 8.96. The summed E-state index contributed by atoms with van der Waals surface area (Å²) in [7, 11) is 0. The summed E-state index contributed by atoms with van der Waals surface area (Å²) < 4.78 is 2.59. The Balaban J connectivity index is 1.92. The summed E-state index contributed by atoms with van der Waals surface area (Å²) in [5.41, 5.74) is 11.1. The molecular formula is C17H28N2. The van der Waals surface area contributed by atoms with Crippen LogP contribution in [0.15, 0.2) is 6.07 Å². The highest BCUT2D eigenvalue weighted by molar-refractivity contribution is 5.34. The van der Waals surface area contributed by atoms with Crippen LogP contribution in [0, 0.1) is 18.3 Å². The Morgan fingerprint density at radius 1 is 1.32 bits per heavy atom. The van der Waals surface area contributed by atoms with E-state index in [0.29, 0.717) is 5.41 Å². The molecule has 3 rings (SSSR count). The van der Waals surface area contributed by atoms with E-state index in [1.54, 1.807) is 0 Å². The van der Waals surface area contributed by atoms with Crippen molar-refractivity contribution >= 4 is 0 Å². The lowest BCUT2D eigenvalue weighted by molar-refractivity contribution is 0.272. The summed E-state index contributed by atoms with van der Waals surface area (Å²) in [4.78, 5) is 0. The first kappa shape index (κ1) is 13.2. The highest BCUT2D eigenvalue weighted by Gasteiger charge is 2.33. The summed E-state index contributed by atoms with van der Waals surface area (Å²) in [5.74, 6) is 0.900. The van der Waals surface area contributed by atoms with Crippen LogP contribution >= 0.6 is 0 Å². The molecule has 1 fully saturated rings. The number of rotatable bonds is 2. The van der Waals surface area contributed by atoms with E-state index in [1.165, 1.54) is 55.6 Å². The Morgan fingerprint density at radius 3 is 2.68 bits per heavy atom. The van der Waals surface area contributed by atoms with Crippen molar-refractivity contribution in [3.8, 4) is 0 Å². The molecule has 0 aliphatic heterocycles. The molecule has 0 aromatic carbocycles. The number of hydrogen-bond acceptors (Lipinski definition) is 1. The zero-order chi connectivity index (χ0) is 13.6. The Hall–Kier alpha value is -0.760. The summed E-state index contributed by atoms with van der Waals surface area (Å²) in [5, 5.41) is 0. The molecule has 0 radical (unpaired) electrons. The fraction of sp³-hybridized carbons (Fsp3) is 0.765. The van der Waals surface area contributed by atoms with Gasteiger partial charge < -0.3 is 10.3 Å². The molecule has 0 amide bonds. The lowest BCUT2D eigenvalue weighted by atomic mass is 9.74. The van der Waals surface area contributed by atoms with Gasteiger partial charge in [0.25, 0.3) is 0 Å². The van der Waals surface area contributed by atoms with Crippen LogP contribution in [-0.4, -0.2) is 4.57 Å². The molecule has 0 bridgehead atoms. The Morgan fingerprint density at radius 2 is 2.00 bits per heavy atom. The minimum atomic E-state index is 0.238. The topological polar surface area (TPSA) is 30.9 Å². The van der Waals surface area contributed by atoms with Gasteiger partial charge in [-0.05, 0) is 55.6 Å². The largest absolute Gasteiger partial charge is 0.348 e. The minimum absolute atomic E-state index is 0.238. The fourth-order valence-electron chi connectivity index (χ4n) is 4.21. The molecule has 1 aromatic rings. The van der Waals surface area contributed by atoms with Gasteiger partial charge in [-0.15, -0.1) is 0 Å². The maximum Gasteiger partial charge on any atom is 0.0318 e. The van der Waals surface area contributed by atoms with Crippen molar-refractivity contribution < 1.29 is 0 Å². The van der Waals surface area contributed by atoms with Crippen molar-refractivity contribution in [1.29, 1.82) is 0 Å². The molecule has 0 spiro atoms. The van der Waals surface area contributed by atoms with E-state index < -0.39 is 0 Å². The summed E-state index contributed by atoms with van der Waals surface area (Å²) in [6.07, 6.45) is 8.00. The average molecular weight is 260 g/mol. The van der Waals surface area contributed by atoms with Crippen molar-refractivity contribution in [2.45, 2.75) is 71.9 Å². The second kappa shape index (κ2) is 4.66. The van der Waals surface area contributed by atoms with Crippen molar-refractivity contribution in [2.24, 2.45) is 17.1 Å². The van der Waals surface area contributed by atoms with Crippen LogP contribution in [0.5, 0.6) is 0 Å². The number of fused-ring (bicyclic) bond motifs is 1. The lowest BCUT2D eigenvalue weighted by Gasteiger charge is -2.35. The van der Waals surface area contributed by atoms with Crippen molar-refractivity contribution in [1.82, 2.24) is 4.57 Å². The van der Waals surface area contributed by atoms with Gasteiger partial charge in [-0.3, -0.25) is 0 Å². The molecule has 1 aromatic heterocycles. The van der Waals surface area contributed by atoms with Gasteiger partial charge in [-0.2, -0.15) is 0 Å². The Kier molecular flexibility index (Phi) is 3.24. The predicted octanol–water partition coefficient (Wildman–Crippen LogP) is 3.96. The Bertz CT molecular complexity index is 464. The molecule has 2 heteroatoms. The molecule has 106 valence electrons. The number of aryl methyl sites for hydroxylation is 1. The first-order valence-corrected chi connectivity index (χ1v) is 7.91. The number of hydrogen-bond donors (Lipinski definition) is 1. The zero-order valence-corrected chi connectivity index (χ0v) is 12.7. The zero-order valence-electron chi connectivity index (χ0n) is 12.7. The molecular weight excluding hydrogens is 232 g/mol. The fourth-order valence-corrected chi connectivity index (χ4v) is 4.21. The third kappa shape index (κ3) is 2.47. The van der Waals surface area contributed by atoms with Crippen LogP contribution in [0.3, 0.4) is 0 Å². The van der Waals surface area contributed by atoms with Crippen LogP contribution in [0.4, 0.5) is 0 Å². The molecule has 0 saturated heterocycles. The normalized spacial score (nSPS) is 26.6. The van der Waals surface area contributed by atoms with E-state index in [-0.39, 0.29) is 6.04 Å². The number of nitrogens with two attached hydrogens (primary N) is 1. The smallest absolute Gasteiger partial charge is 0.0318 e. The molecule has 2 aliphatic carbocycles. The van der Waals surface area contributed by atoms with Gasteiger partial charge in [-0.1, -0.05) is 26.7 Å². The molecule has 1 unspecified atom stereocenters. The average Bonchev–Trinajstić information content (AvgIpc) is 2.90. The third-order valence-corrected chi connectivity index (χ3v) is 5.18. The third-order valence-electron chi connectivity index (χ3n) is 5.18. The maximum atomic E-state index is 6.40. The van der Waals surface area contributed by atoms with Gasteiger partial charge in [-0.25, -0.2) is 0 Å². The number of nitrogens with zero attached hydrogens (tertiary/aromatic N) is 1. The lowest BCUT2D eigenvalue weighted by Crippen LogP contribution is -2.31. The van der Waals surface area contributed by atoms with E-state index in [1.807, 2.05) is 0 Å². The predicted molar refractivity (Wildman–Crippen MR) is 80.2 cm³/mol. The van der Waals surface area contributed by atoms with Gasteiger partial charge in [0.1, 0.15) is 0 Å². The molecule has 1 saturated carbocycles.